The fourth-order valence-electron chi connectivity index (χ4n) is 4.06. The molecule has 11 nitrogen and oxygen atoms in total. The summed E-state index contributed by atoms with van der Waals surface area (Å²) in [4.78, 5) is 30.4. The second-order valence-electron chi connectivity index (χ2n) is 7.60. The van der Waals surface area contributed by atoms with E-state index >= 15 is 0 Å². The number of amides is 3. The smallest absolute Gasteiger partial charge is 0.325 e. The molecule has 1 unspecified atom stereocenters. The molecule has 2 heterocycles. The van der Waals surface area contributed by atoms with Crippen molar-refractivity contribution in [3.05, 3.63) is 0 Å². The minimum absolute atomic E-state index is 0.00587. The van der Waals surface area contributed by atoms with Gasteiger partial charge in [-0.1, -0.05) is 19.3 Å². The Balaban J connectivity index is 1.59. The molecule has 2 aliphatic heterocycles. The van der Waals surface area contributed by atoms with Crippen molar-refractivity contribution in [3.63, 3.8) is 0 Å². The molecule has 29 heavy (non-hydrogen) atoms. The highest BCUT2D eigenvalue weighted by atomic mass is 32.3. The topological polar surface area (TPSA) is 151 Å². The number of rotatable bonds is 7. The summed E-state index contributed by atoms with van der Waals surface area (Å²) < 4.78 is 63.2. The van der Waals surface area contributed by atoms with Gasteiger partial charge in [0.2, 0.25) is 0 Å². The van der Waals surface area contributed by atoms with Gasteiger partial charge < -0.3 is 10.6 Å². The third-order valence-corrected chi connectivity index (χ3v) is 5.95. The highest BCUT2D eigenvalue weighted by Crippen LogP contribution is 2.41. The normalized spacial score (nSPS) is 28.5. The second kappa shape index (κ2) is 8.26. The number of carbonyl (C=O) groups is 2. The summed E-state index contributed by atoms with van der Waals surface area (Å²) in [6, 6.07) is -5.15. The SMILES string of the molecule is NC(CONC(=O)[C@@H]1CC(F)(F)[C@@H]2CN1C(=O)N2OS(=O)(=O)O)C1CCCCC1. The number of nitrogens with one attached hydrogen (secondary N) is 1. The molecule has 0 radical (unpaired) electrons. The molecule has 3 atom stereocenters. The molecule has 3 aliphatic rings. The molecule has 3 fully saturated rings. The van der Waals surface area contributed by atoms with Gasteiger partial charge in [-0.25, -0.2) is 19.1 Å². The maximum Gasteiger partial charge on any atom is 0.418 e. The first-order valence-corrected chi connectivity index (χ1v) is 10.7. The number of piperidine rings is 1. The summed E-state index contributed by atoms with van der Waals surface area (Å²) >= 11 is 0. The predicted octanol–water partition coefficient (Wildman–Crippen LogP) is 0.190. The highest BCUT2D eigenvalue weighted by Gasteiger charge is 2.62. The number of hydroxylamine groups is 3. The minimum atomic E-state index is -5.20. The molecule has 166 valence electrons. The molecular formula is C15H24F2N4O7S. The van der Waals surface area contributed by atoms with Crippen molar-refractivity contribution in [2.45, 2.75) is 62.6 Å². The zero-order valence-electron chi connectivity index (χ0n) is 15.5. The van der Waals surface area contributed by atoms with E-state index in [0.29, 0.717) is 0 Å². The molecule has 4 N–H and O–H groups in total. The summed E-state index contributed by atoms with van der Waals surface area (Å²) in [5.41, 5.74) is 8.10. The summed E-state index contributed by atoms with van der Waals surface area (Å²) in [6.07, 6.45) is 4.16. The first-order chi connectivity index (χ1) is 13.5. The Labute approximate surface area is 166 Å². The quantitative estimate of drug-likeness (QED) is 0.373. The first-order valence-electron chi connectivity index (χ1n) is 9.31. The van der Waals surface area contributed by atoms with Gasteiger partial charge in [0.25, 0.3) is 11.8 Å². The van der Waals surface area contributed by atoms with E-state index in [0.717, 1.165) is 37.0 Å². The van der Waals surface area contributed by atoms with Crippen LogP contribution < -0.4 is 11.2 Å². The van der Waals surface area contributed by atoms with Crippen molar-refractivity contribution in [1.29, 1.82) is 0 Å². The number of alkyl halides is 2. The number of fused-ring (bicyclic) bond motifs is 2. The lowest BCUT2D eigenvalue weighted by molar-refractivity contribution is -0.159. The Hall–Kier alpha value is -1.61. The Morgan fingerprint density at radius 2 is 2.00 bits per heavy atom. The minimum Gasteiger partial charge on any atom is -0.325 e. The summed E-state index contributed by atoms with van der Waals surface area (Å²) in [5, 5.41) is -0.123. The van der Waals surface area contributed by atoms with Crippen LogP contribution in [-0.4, -0.2) is 72.1 Å². The Kier molecular flexibility index (Phi) is 6.29. The molecular weight excluding hydrogens is 418 g/mol. The lowest BCUT2D eigenvalue weighted by atomic mass is 9.84. The van der Waals surface area contributed by atoms with Crippen LogP contribution in [0, 0.1) is 5.92 Å². The van der Waals surface area contributed by atoms with Crippen LogP contribution in [0.3, 0.4) is 0 Å². The molecule has 1 aliphatic carbocycles. The third-order valence-electron chi connectivity index (χ3n) is 5.60. The van der Waals surface area contributed by atoms with Gasteiger partial charge >= 0.3 is 16.4 Å². The average Bonchev–Trinajstić information content (AvgIpc) is 2.92. The van der Waals surface area contributed by atoms with E-state index in [1.807, 2.05) is 0 Å². The van der Waals surface area contributed by atoms with Gasteiger partial charge in [-0.15, -0.1) is 4.28 Å². The van der Waals surface area contributed by atoms with Crippen molar-refractivity contribution in [2.75, 3.05) is 13.2 Å². The molecule has 1 saturated carbocycles. The van der Waals surface area contributed by atoms with Crippen molar-refractivity contribution < 1.29 is 40.5 Å². The molecule has 2 bridgehead atoms. The zero-order valence-corrected chi connectivity index (χ0v) is 16.3. The van der Waals surface area contributed by atoms with E-state index in [1.165, 1.54) is 0 Å². The number of hydrogen-bond donors (Lipinski definition) is 3. The maximum atomic E-state index is 14.4. The van der Waals surface area contributed by atoms with Gasteiger partial charge in [-0.3, -0.25) is 14.2 Å². The van der Waals surface area contributed by atoms with Crippen LogP contribution in [0.1, 0.15) is 38.5 Å². The van der Waals surface area contributed by atoms with E-state index in [9.17, 15) is 26.8 Å². The van der Waals surface area contributed by atoms with E-state index in [1.54, 1.807) is 0 Å². The zero-order chi connectivity index (χ0) is 21.4. The molecule has 0 aromatic carbocycles. The number of urea groups is 1. The van der Waals surface area contributed by atoms with Gasteiger partial charge in [0, 0.05) is 12.5 Å². The van der Waals surface area contributed by atoms with Crippen molar-refractivity contribution in [2.24, 2.45) is 11.7 Å². The van der Waals surface area contributed by atoms with Crippen molar-refractivity contribution in [1.82, 2.24) is 15.4 Å². The number of hydrogen-bond acceptors (Lipinski definition) is 7. The largest absolute Gasteiger partial charge is 0.418 e. The lowest BCUT2D eigenvalue weighted by Gasteiger charge is -2.34. The van der Waals surface area contributed by atoms with E-state index in [2.05, 4.69) is 9.76 Å². The molecule has 3 amide bonds. The number of nitrogens with two attached hydrogens (primary N) is 1. The van der Waals surface area contributed by atoms with E-state index < -0.39 is 53.3 Å². The Morgan fingerprint density at radius 1 is 1.34 bits per heavy atom. The second-order valence-corrected chi connectivity index (χ2v) is 8.60. The maximum absolute atomic E-state index is 14.4. The van der Waals surface area contributed by atoms with Gasteiger partial charge in [-0.2, -0.15) is 13.5 Å². The van der Waals surface area contributed by atoms with Crippen LogP contribution in [-0.2, 0) is 24.3 Å². The summed E-state index contributed by atoms with van der Waals surface area (Å²) in [7, 11) is -5.20. The molecule has 0 spiro atoms. The fourth-order valence-corrected chi connectivity index (χ4v) is 4.43. The fraction of sp³-hybridized carbons (Fsp3) is 0.867. The van der Waals surface area contributed by atoms with Gasteiger partial charge in [-0.05, 0) is 18.8 Å². The number of halogens is 2. The average molecular weight is 442 g/mol. The van der Waals surface area contributed by atoms with Crippen LogP contribution in [0.15, 0.2) is 0 Å². The number of nitrogens with zero attached hydrogens (tertiary/aromatic N) is 2. The van der Waals surface area contributed by atoms with E-state index in [-0.39, 0.29) is 23.6 Å². The predicted molar refractivity (Wildman–Crippen MR) is 92.4 cm³/mol. The van der Waals surface area contributed by atoms with Crippen LogP contribution >= 0.6 is 0 Å². The number of carbonyl (C=O) groups excluding carboxylic acids is 2. The monoisotopic (exact) mass is 442 g/mol. The van der Waals surface area contributed by atoms with Gasteiger partial charge in [0.05, 0.1) is 13.2 Å². The molecule has 0 aromatic heterocycles. The van der Waals surface area contributed by atoms with Crippen molar-refractivity contribution >= 4 is 22.3 Å². The highest BCUT2D eigenvalue weighted by molar-refractivity contribution is 7.80. The summed E-state index contributed by atoms with van der Waals surface area (Å²) in [5.74, 6) is -4.36. The standard InChI is InChI=1S/C15H24F2N4O7S/c16-15(17)6-11(20-7-12(15)21(14(20)23)28-29(24,25)26)13(22)19-27-8-10(18)9-4-2-1-3-5-9/h9-12H,1-8,18H2,(H,19,22)(H,24,25,26)/t10?,11-,12-/m0/s1. The van der Waals surface area contributed by atoms with E-state index in [4.69, 9.17) is 15.1 Å². The molecule has 2 saturated heterocycles. The summed E-state index contributed by atoms with van der Waals surface area (Å²) in [6.45, 7) is -0.658. The molecule has 0 aromatic rings. The Bertz CT molecular complexity index is 747. The van der Waals surface area contributed by atoms with Crippen LogP contribution in [0.25, 0.3) is 0 Å². The van der Waals surface area contributed by atoms with Crippen LogP contribution in [0.5, 0.6) is 0 Å². The Morgan fingerprint density at radius 3 is 2.62 bits per heavy atom. The lowest BCUT2D eigenvalue weighted by Crippen LogP contribution is -2.56. The molecule has 3 rings (SSSR count). The van der Waals surface area contributed by atoms with Gasteiger partial charge in [0.15, 0.2) is 0 Å². The van der Waals surface area contributed by atoms with Gasteiger partial charge in [0.1, 0.15) is 12.1 Å². The first kappa shape index (κ1) is 22.1. The van der Waals surface area contributed by atoms with Crippen molar-refractivity contribution in [3.8, 4) is 0 Å². The third kappa shape index (κ3) is 4.94. The molecule has 14 heteroatoms. The van der Waals surface area contributed by atoms with Crippen LogP contribution in [0.4, 0.5) is 13.6 Å². The van der Waals surface area contributed by atoms with Crippen LogP contribution in [0.2, 0.25) is 0 Å².